The van der Waals surface area contributed by atoms with Crippen LogP contribution in [-0.2, 0) is 11.3 Å². The number of halogens is 1. The van der Waals surface area contributed by atoms with E-state index in [0.29, 0.717) is 17.4 Å². The van der Waals surface area contributed by atoms with Crippen molar-refractivity contribution < 1.29 is 4.79 Å². The Hall–Kier alpha value is -3.08. The maximum atomic E-state index is 11.3. The summed E-state index contributed by atoms with van der Waals surface area (Å²) in [5, 5.41) is 15.3. The summed E-state index contributed by atoms with van der Waals surface area (Å²) in [5.74, 6) is -0.766. The molecule has 0 spiro atoms. The van der Waals surface area contributed by atoms with Gasteiger partial charge in [0.15, 0.2) is 5.13 Å². The van der Waals surface area contributed by atoms with Gasteiger partial charge in [0.1, 0.15) is 11.6 Å². The predicted octanol–water partition coefficient (Wildman–Crippen LogP) is 4.62. The number of anilines is 1. The number of hydrogen-bond acceptors (Lipinski definition) is 5. The van der Waals surface area contributed by atoms with E-state index in [0.717, 1.165) is 33.2 Å². The molecule has 3 aromatic rings. The van der Waals surface area contributed by atoms with Crippen LogP contribution in [0.2, 0.25) is 5.02 Å². The molecule has 148 valence electrons. The van der Waals surface area contributed by atoms with E-state index in [2.05, 4.69) is 34.8 Å². The fourth-order valence-corrected chi connectivity index (χ4v) is 4.06. The highest BCUT2D eigenvalue weighted by Gasteiger charge is 2.16. The molecule has 0 radical (unpaired) electrons. The number of rotatable bonds is 6. The molecule has 3 N–H and O–H groups in total. The zero-order valence-electron chi connectivity index (χ0n) is 16.3. The number of benzene rings is 1. The maximum absolute atomic E-state index is 11.3. The van der Waals surface area contributed by atoms with Crippen LogP contribution in [0.3, 0.4) is 0 Å². The number of hydrogen-bond donors (Lipinski definition) is 2. The number of nitriles is 1. The van der Waals surface area contributed by atoms with Crippen LogP contribution in [0.25, 0.3) is 11.3 Å². The maximum Gasteiger partial charge on any atom is 0.261 e. The van der Waals surface area contributed by atoms with Crippen LogP contribution in [0, 0.1) is 25.2 Å². The molecule has 1 aromatic carbocycles. The molecule has 0 fully saturated rings. The summed E-state index contributed by atoms with van der Waals surface area (Å²) in [6.45, 7) is 6.41. The lowest BCUT2D eigenvalue weighted by atomic mass is 10.2. The van der Waals surface area contributed by atoms with Crippen LogP contribution in [0.5, 0.6) is 0 Å². The smallest absolute Gasteiger partial charge is 0.261 e. The van der Waals surface area contributed by atoms with Crippen molar-refractivity contribution in [1.29, 1.82) is 5.26 Å². The summed E-state index contributed by atoms with van der Waals surface area (Å²) in [6.07, 6.45) is 0. The Morgan fingerprint density at radius 1 is 1.38 bits per heavy atom. The average Bonchev–Trinajstić information content (AvgIpc) is 3.23. The summed E-state index contributed by atoms with van der Waals surface area (Å²) in [6, 6.07) is 11.7. The highest BCUT2D eigenvalue weighted by atomic mass is 35.5. The number of allylic oxidation sites excluding steroid dienone is 1. The van der Waals surface area contributed by atoms with E-state index in [1.807, 2.05) is 35.7 Å². The lowest BCUT2D eigenvalue weighted by Crippen LogP contribution is -2.16. The van der Waals surface area contributed by atoms with Gasteiger partial charge in [-0.15, -0.1) is 11.3 Å². The van der Waals surface area contributed by atoms with Gasteiger partial charge in [0.05, 0.1) is 5.69 Å². The molecular formula is C21H20ClN5OS. The molecule has 0 aliphatic rings. The Balaban J connectivity index is 1.89. The third kappa shape index (κ3) is 4.34. The summed E-state index contributed by atoms with van der Waals surface area (Å²) in [4.78, 5) is 15.9. The minimum absolute atomic E-state index is 0.111. The van der Waals surface area contributed by atoms with Crippen LogP contribution in [-0.4, -0.2) is 15.5 Å². The molecule has 0 atom stereocenters. The van der Waals surface area contributed by atoms with E-state index in [-0.39, 0.29) is 5.57 Å². The molecule has 0 unspecified atom stereocenters. The molecule has 0 aliphatic heterocycles. The number of nitrogens with zero attached hydrogens (tertiary/aromatic N) is 3. The molecule has 6 nitrogen and oxygen atoms in total. The van der Waals surface area contributed by atoms with E-state index in [9.17, 15) is 4.79 Å². The SMILES string of the molecule is CC(Nc1nc(-c2cc(C)n(Cc3ccccc3Cl)c2C)cs1)=C(C#N)C(N)=O. The third-order valence-electron chi connectivity index (χ3n) is 4.67. The van der Waals surface area contributed by atoms with E-state index in [1.54, 1.807) is 6.92 Å². The van der Waals surface area contributed by atoms with Gasteiger partial charge in [-0.3, -0.25) is 4.79 Å². The number of carbonyl (C=O) groups excluding carboxylic acids is 1. The third-order valence-corrected chi connectivity index (χ3v) is 5.79. The number of thiazole rings is 1. The van der Waals surface area contributed by atoms with Gasteiger partial charge in [0.25, 0.3) is 5.91 Å². The first kappa shape index (κ1) is 20.6. The van der Waals surface area contributed by atoms with Crippen molar-refractivity contribution in [2.24, 2.45) is 5.73 Å². The molecule has 0 saturated carbocycles. The minimum Gasteiger partial charge on any atom is -0.365 e. The molecule has 0 bridgehead atoms. The van der Waals surface area contributed by atoms with Crippen molar-refractivity contribution >= 4 is 34.0 Å². The van der Waals surface area contributed by atoms with Crippen LogP contribution in [0.15, 0.2) is 47.0 Å². The van der Waals surface area contributed by atoms with E-state index in [4.69, 9.17) is 22.6 Å². The first-order valence-electron chi connectivity index (χ1n) is 8.85. The first-order chi connectivity index (χ1) is 13.8. The Kier molecular flexibility index (Phi) is 6.06. The predicted molar refractivity (Wildman–Crippen MR) is 117 cm³/mol. The van der Waals surface area contributed by atoms with Gasteiger partial charge >= 0.3 is 0 Å². The Bertz CT molecular complexity index is 1150. The van der Waals surface area contributed by atoms with Crippen LogP contribution in [0.1, 0.15) is 23.9 Å². The van der Waals surface area contributed by atoms with E-state index < -0.39 is 5.91 Å². The van der Waals surface area contributed by atoms with Crippen molar-refractivity contribution in [2.75, 3.05) is 5.32 Å². The van der Waals surface area contributed by atoms with E-state index in [1.165, 1.54) is 11.3 Å². The Morgan fingerprint density at radius 2 is 2.10 bits per heavy atom. The number of aryl methyl sites for hydroxylation is 1. The van der Waals surface area contributed by atoms with Crippen LogP contribution >= 0.6 is 22.9 Å². The second-order valence-corrected chi connectivity index (χ2v) is 7.87. The van der Waals surface area contributed by atoms with Gasteiger partial charge in [-0.25, -0.2) is 4.98 Å². The molecular weight excluding hydrogens is 406 g/mol. The molecule has 0 saturated heterocycles. The number of nitrogens with two attached hydrogens (primary N) is 1. The first-order valence-corrected chi connectivity index (χ1v) is 10.1. The van der Waals surface area contributed by atoms with Gasteiger partial charge in [0.2, 0.25) is 0 Å². The van der Waals surface area contributed by atoms with Crippen molar-refractivity contribution in [3.05, 3.63) is 69.0 Å². The van der Waals surface area contributed by atoms with Gasteiger partial charge in [0, 0.05) is 39.6 Å². The average molecular weight is 426 g/mol. The quantitative estimate of drug-likeness (QED) is 0.444. The number of amides is 1. The number of carbonyl (C=O) groups is 1. The van der Waals surface area contributed by atoms with Crippen LogP contribution in [0.4, 0.5) is 5.13 Å². The second kappa shape index (κ2) is 8.52. The molecule has 2 aromatic heterocycles. The summed E-state index contributed by atoms with van der Waals surface area (Å²) >= 11 is 7.72. The molecule has 0 aliphatic carbocycles. The standard InChI is InChI=1S/C21H20ClN5OS/c1-12-8-16(14(3)27(12)10-15-6-4-5-7-18(15)22)19-11-29-21(26-19)25-13(2)17(9-23)20(24)28/h4-8,11H,10H2,1-3H3,(H2,24,28)(H,25,26). The van der Waals surface area contributed by atoms with Crippen molar-refractivity contribution in [2.45, 2.75) is 27.3 Å². The van der Waals surface area contributed by atoms with Crippen LogP contribution < -0.4 is 11.1 Å². The Morgan fingerprint density at radius 3 is 2.76 bits per heavy atom. The fourth-order valence-electron chi connectivity index (χ4n) is 3.10. The lowest BCUT2D eigenvalue weighted by molar-refractivity contribution is -0.114. The van der Waals surface area contributed by atoms with Crippen molar-refractivity contribution in [3.63, 3.8) is 0 Å². The molecule has 3 rings (SSSR count). The van der Waals surface area contributed by atoms with Gasteiger partial charge in [-0.2, -0.15) is 5.26 Å². The number of nitrogens with one attached hydrogen (secondary N) is 1. The van der Waals surface area contributed by atoms with Gasteiger partial charge < -0.3 is 15.6 Å². The van der Waals surface area contributed by atoms with Gasteiger partial charge in [-0.1, -0.05) is 29.8 Å². The topological polar surface area (TPSA) is 96.7 Å². The monoisotopic (exact) mass is 425 g/mol. The highest BCUT2D eigenvalue weighted by molar-refractivity contribution is 7.14. The Labute approximate surface area is 178 Å². The lowest BCUT2D eigenvalue weighted by Gasteiger charge is -2.11. The number of primary amides is 1. The second-order valence-electron chi connectivity index (χ2n) is 6.60. The number of aromatic nitrogens is 2. The molecule has 1 amide bonds. The highest BCUT2D eigenvalue weighted by Crippen LogP contribution is 2.31. The van der Waals surface area contributed by atoms with Crippen molar-refractivity contribution in [1.82, 2.24) is 9.55 Å². The summed E-state index contributed by atoms with van der Waals surface area (Å²) in [5.41, 5.74) is 10.6. The van der Waals surface area contributed by atoms with Gasteiger partial charge in [-0.05, 0) is 38.5 Å². The normalized spacial score (nSPS) is 11.7. The largest absolute Gasteiger partial charge is 0.365 e. The summed E-state index contributed by atoms with van der Waals surface area (Å²) < 4.78 is 2.20. The van der Waals surface area contributed by atoms with Crippen molar-refractivity contribution in [3.8, 4) is 17.3 Å². The fraction of sp³-hybridized carbons (Fsp3) is 0.190. The zero-order chi connectivity index (χ0) is 21.1. The zero-order valence-corrected chi connectivity index (χ0v) is 17.9. The van der Waals surface area contributed by atoms with E-state index >= 15 is 0 Å². The molecule has 2 heterocycles. The summed E-state index contributed by atoms with van der Waals surface area (Å²) in [7, 11) is 0. The molecule has 29 heavy (non-hydrogen) atoms. The molecule has 8 heteroatoms. The minimum atomic E-state index is -0.766.